The van der Waals surface area contributed by atoms with E-state index in [4.69, 9.17) is 42.7 Å². The van der Waals surface area contributed by atoms with Gasteiger partial charge >= 0.3 is 0 Å². The van der Waals surface area contributed by atoms with Crippen LogP contribution in [0.1, 0.15) is 91.4 Å². The second kappa shape index (κ2) is 18.7. The molecule has 18 heteroatoms. The number of aryl methyl sites for hydroxylation is 4. The molecule has 6 heterocycles. The maximum absolute atomic E-state index is 13.3. The van der Waals surface area contributed by atoms with Gasteiger partial charge in [-0.05, 0) is 76.9 Å². The zero-order valence-electron chi connectivity index (χ0n) is 35.2. The van der Waals surface area contributed by atoms with Crippen LogP contribution in [0.3, 0.4) is 0 Å². The summed E-state index contributed by atoms with van der Waals surface area (Å²) in [5.74, 6) is 2.35. The van der Waals surface area contributed by atoms with Crippen LogP contribution in [-0.4, -0.2) is 92.3 Å². The zero-order valence-corrected chi connectivity index (χ0v) is 38.4. The Balaban J connectivity index is 0.801. The number of halogens is 2. The molecular weight excluding hydrogens is 868 g/mol. The fourth-order valence-electron chi connectivity index (χ4n) is 7.61. The third-order valence-corrected chi connectivity index (χ3v) is 13.9. The maximum Gasteiger partial charge on any atom is 0.222 e. The highest BCUT2D eigenvalue weighted by atomic mass is 35.5. The molecule has 0 spiro atoms. The molecule has 2 N–H and O–H groups in total. The molecule has 2 amide bonds. The van der Waals surface area contributed by atoms with Crippen molar-refractivity contribution in [1.29, 1.82) is 0 Å². The molecule has 4 aromatic heterocycles. The fraction of sp³-hybridized carbons (Fsp3) is 0.364. The molecule has 2 aliphatic rings. The molecule has 2 aliphatic heterocycles. The van der Waals surface area contributed by atoms with E-state index in [9.17, 15) is 9.59 Å². The van der Waals surface area contributed by atoms with Crippen molar-refractivity contribution in [3.8, 4) is 10.0 Å². The number of nitrogens with one attached hydrogen (secondary N) is 2. The average Bonchev–Trinajstić information content (AvgIpc) is 3.94. The number of thiophene rings is 2. The molecular formula is C44H46Cl2N10O4S2. The molecule has 0 fully saturated rings. The van der Waals surface area contributed by atoms with Gasteiger partial charge in [0.15, 0.2) is 11.6 Å². The summed E-state index contributed by atoms with van der Waals surface area (Å²) in [6, 6.07) is 14.1. The zero-order chi connectivity index (χ0) is 43.7. The minimum atomic E-state index is -0.560. The van der Waals surface area contributed by atoms with Crippen LogP contribution in [0.15, 0.2) is 58.5 Å². The number of ether oxygens (including phenoxy) is 2. The van der Waals surface area contributed by atoms with E-state index in [1.54, 1.807) is 22.7 Å². The molecule has 62 heavy (non-hydrogen) atoms. The van der Waals surface area contributed by atoms with Crippen LogP contribution in [0.4, 0.5) is 0 Å². The molecule has 0 bridgehead atoms. The summed E-state index contributed by atoms with van der Waals surface area (Å²) in [5.41, 5.74) is 7.70. The lowest BCUT2D eigenvalue weighted by atomic mass is 9.99. The van der Waals surface area contributed by atoms with Crippen LogP contribution in [0.25, 0.3) is 10.0 Å². The Hall–Kier alpha value is -5.10. The molecule has 2 atom stereocenters. The van der Waals surface area contributed by atoms with Gasteiger partial charge in [-0.2, -0.15) is 0 Å². The number of hydrogen-bond acceptors (Lipinski definition) is 12. The number of aromatic nitrogens is 6. The fourth-order valence-corrected chi connectivity index (χ4v) is 10.3. The van der Waals surface area contributed by atoms with E-state index in [0.29, 0.717) is 61.2 Å². The Labute approximate surface area is 377 Å². The first-order valence-corrected chi connectivity index (χ1v) is 22.7. The number of rotatable bonds is 15. The van der Waals surface area contributed by atoms with E-state index in [2.05, 4.69) is 58.7 Å². The van der Waals surface area contributed by atoms with Crippen molar-refractivity contribution >= 4 is 69.1 Å². The largest absolute Gasteiger partial charge is 0.377 e. The second-order valence-electron chi connectivity index (χ2n) is 15.1. The van der Waals surface area contributed by atoms with E-state index >= 15 is 0 Å². The molecule has 0 saturated heterocycles. The smallest absolute Gasteiger partial charge is 0.222 e. The van der Waals surface area contributed by atoms with Crippen LogP contribution in [0.2, 0.25) is 10.0 Å². The Morgan fingerprint density at radius 2 is 0.984 bits per heavy atom. The summed E-state index contributed by atoms with van der Waals surface area (Å²) >= 11 is 15.8. The third kappa shape index (κ3) is 8.90. The van der Waals surface area contributed by atoms with E-state index in [1.165, 1.54) is 9.75 Å². The molecule has 0 aliphatic carbocycles. The maximum atomic E-state index is 13.3. The monoisotopic (exact) mass is 912 g/mol. The summed E-state index contributed by atoms with van der Waals surface area (Å²) in [6.45, 7) is 14.1. The highest BCUT2D eigenvalue weighted by Gasteiger charge is 2.34. The van der Waals surface area contributed by atoms with Crippen molar-refractivity contribution < 1.29 is 19.1 Å². The number of amides is 2. The first kappa shape index (κ1) is 43.5. The Morgan fingerprint density at radius 3 is 1.37 bits per heavy atom. The lowest BCUT2D eigenvalue weighted by molar-refractivity contribution is -0.122. The molecule has 0 radical (unpaired) electrons. The quantitative estimate of drug-likeness (QED) is 0.0993. The van der Waals surface area contributed by atoms with Crippen molar-refractivity contribution in [2.75, 3.05) is 39.5 Å². The van der Waals surface area contributed by atoms with Gasteiger partial charge in [0.2, 0.25) is 11.8 Å². The number of carbonyl (C=O) groups is 2. The average molecular weight is 914 g/mol. The standard InChI is InChI=1S/C44H46Cl2N10O4S2/c1-23-25(3)61-43-37(23)39(29-7-11-31(45)12-8-29)49-33(41-53-51-27(5)55(41)43)21-35(57)47-15-17-59-19-20-60-18-16-48-36(58)22-34-42-54-52-28(6)56(42)44-38(24(2)26(4)62-44)40(50-34)30-9-13-32(46)14-10-30/h7-14,33-34H,15-22H2,1-6H3,(H,47,57)(H,48,58). The molecule has 0 saturated carbocycles. The van der Waals surface area contributed by atoms with E-state index in [0.717, 1.165) is 66.5 Å². The van der Waals surface area contributed by atoms with Gasteiger partial charge in [-0.3, -0.25) is 28.7 Å². The first-order valence-electron chi connectivity index (χ1n) is 20.3. The van der Waals surface area contributed by atoms with Crippen LogP contribution in [0.5, 0.6) is 0 Å². The summed E-state index contributed by atoms with van der Waals surface area (Å²) < 4.78 is 15.5. The first-order chi connectivity index (χ1) is 29.9. The SMILES string of the molecule is Cc1sc2c(c1C)C(c1ccc(Cl)cc1)=NC(CC(=O)NCCOCCOCCNC(=O)CC1N=C(c3ccc(Cl)cc3)c3c(sc(C)c3C)-n3c(C)nnc31)c1nnc(C)n1-2. The highest BCUT2D eigenvalue weighted by molar-refractivity contribution is 7.15. The number of nitrogens with zero attached hydrogens (tertiary/aromatic N) is 8. The Morgan fingerprint density at radius 1 is 0.597 bits per heavy atom. The number of aliphatic imine (C=N–C) groups is 2. The van der Waals surface area contributed by atoms with Crippen molar-refractivity contribution in [3.63, 3.8) is 0 Å². The minimum absolute atomic E-state index is 0.0855. The van der Waals surface area contributed by atoms with Crippen LogP contribution in [0, 0.1) is 41.5 Å². The van der Waals surface area contributed by atoms with Crippen LogP contribution in [-0.2, 0) is 19.1 Å². The van der Waals surface area contributed by atoms with Gasteiger partial charge in [0.25, 0.3) is 0 Å². The van der Waals surface area contributed by atoms with Crippen LogP contribution < -0.4 is 10.6 Å². The van der Waals surface area contributed by atoms with E-state index in [-0.39, 0.29) is 24.7 Å². The molecule has 6 aromatic rings. The summed E-state index contributed by atoms with van der Waals surface area (Å²) in [6.07, 6.45) is 0.171. The van der Waals surface area contributed by atoms with Crippen molar-refractivity contribution in [2.24, 2.45) is 9.98 Å². The van der Waals surface area contributed by atoms with Gasteiger partial charge in [-0.15, -0.1) is 43.1 Å². The Bertz CT molecular complexity index is 2520. The van der Waals surface area contributed by atoms with E-state index < -0.39 is 12.1 Å². The van der Waals surface area contributed by atoms with Gasteiger partial charge in [0.1, 0.15) is 33.7 Å². The predicted molar refractivity (Wildman–Crippen MR) is 243 cm³/mol. The summed E-state index contributed by atoms with van der Waals surface area (Å²) in [7, 11) is 0. The van der Waals surface area contributed by atoms with Gasteiger partial charge in [-0.25, -0.2) is 0 Å². The molecule has 14 nitrogen and oxygen atoms in total. The molecule has 2 unspecified atom stereocenters. The lowest BCUT2D eigenvalue weighted by Gasteiger charge is -2.14. The summed E-state index contributed by atoms with van der Waals surface area (Å²) in [5, 5.41) is 26.9. The number of carbonyl (C=O) groups excluding carboxylic acids is 2. The minimum Gasteiger partial charge on any atom is -0.377 e. The van der Waals surface area contributed by atoms with Gasteiger partial charge < -0.3 is 20.1 Å². The topological polar surface area (TPSA) is 163 Å². The van der Waals surface area contributed by atoms with E-state index in [1.807, 2.05) is 71.5 Å². The summed E-state index contributed by atoms with van der Waals surface area (Å²) in [4.78, 5) is 39.3. The second-order valence-corrected chi connectivity index (χ2v) is 18.4. The lowest BCUT2D eigenvalue weighted by Crippen LogP contribution is -2.30. The molecule has 2 aromatic carbocycles. The predicted octanol–water partition coefficient (Wildman–Crippen LogP) is 7.66. The molecule has 8 rings (SSSR count). The number of benzene rings is 2. The van der Waals surface area contributed by atoms with Gasteiger partial charge in [0.05, 0.1) is 50.7 Å². The normalized spacial score (nSPS) is 15.4. The molecule has 322 valence electrons. The van der Waals surface area contributed by atoms with Gasteiger partial charge in [0, 0.05) is 55.1 Å². The number of fused-ring (bicyclic) bond motifs is 6. The highest BCUT2D eigenvalue weighted by Crippen LogP contribution is 2.41. The van der Waals surface area contributed by atoms with Crippen molar-refractivity contribution in [2.45, 2.75) is 66.5 Å². The number of hydrogen-bond donors (Lipinski definition) is 2. The van der Waals surface area contributed by atoms with Crippen molar-refractivity contribution in [3.05, 3.63) is 125 Å². The van der Waals surface area contributed by atoms with Gasteiger partial charge in [-0.1, -0.05) is 47.5 Å². The Kier molecular flexibility index (Phi) is 13.1. The third-order valence-electron chi connectivity index (χ3n) is 11.0. The van der Waals surface area contributed by atoms with Crippen molar-refractivity contribution in [1.82, 2.24) is 40.2 Å². The van der Waals surface area contributed by atoms with Crippen LogP contribution >= 0.6 is 45.9 Å².